The third-order valence-electron chi connectivity index (χ3n) is 7.73. The first-order valence-corrected chi connectivity index (χ1v) is 12.1. The van der Waals surface area contributed by atoms with Crippen LogP contribution >= 0.6 is 0 Å². The van der Waals surface area contributed by atoms with Crippen molar-refractivity contribution >= 4 is 0 Å². The molecule has 156 valence electrons. The van der Waals surface area contributed by atoms with E-state index in [4.69, 9.17) is 0 Å². The fourth-order valence-corrected chi connectivity index (χ4v) is 6.03. The third-order valence-corrected chi connectivity index (χ3v) is 7.73. The van der Waals surface area contributed by atoms with Gasteiger partial charge in [0.25, 0.3) is 0 Å². The van der Waals surface area contributed by atoms with Gasteiger partial charge in [-0.1, -0.05) is 81.8 Å². The predicted octanol–water partition coefficient (Wildman–Crippen LogP) is 8.76. The zero-order valence-electron chi connectivity index (χ0n) is 18.1. The molecule has 4 atom stereocenters. The third kappa shape index (κ3) is 5.30. The molecule has 0 aliphatic heterocycles. The zero-order chi connectivity index (χ0) is 20.1. The number of fused-ring (bicyclic) bond motifs is 1. The predicted molar refractivity (Wildman–Crippen MR) is 122 cm³/mol. The summed E-state index contributed by atoms with van der Waals surface area (Å²) in [6, 6.07) is 15.9. The second kappa shape index (κ2) is 9.92. The van der Waals surface area contributed by atoms with E-state index < -0.39 is 0 Å². The lowest BCUT2D eigenvalue weighted by atomic mass is 9.63. The van der Waals surface area contributed by atoms with E-state index in [1.807, 2.05) is 6.07 Å². The molecule has 0 aromatic heterocycles. The Labute approximate surface area is 176 Å². The molecule has 2 aromatic rings. The highest BCUT2D eigenvalue weighted by Crippen LogP contribution is 2.48. The molecule has 2 saturated carbocycles. The standard InChI is InChI=1S/C28H37F/c1-2-3-4-5-7-21-10-11-27-19-26(17-16-25(27)18-21)23-14-12-22(13-15-23)24-8-6-9-28(29)20-24/h6,8-9,12-15,20-21,25-27H,2-5,7,10-11,16-19H2,1H3/t21?,25-,26-,27-/m1/s1. The van der Waals surface area contributed by atoms with Gasteiger partial charge in [0.05, 0.1) is 0 Å². The molecule has 2 aliphatic rings. The summed E-state index contributed by atoms with van der Waals surface area (Å²) in [5.41, 5.74) is 3.58. The molecular weight excluding hydrogens is 355 g/mol. The van der Waals surface area contributed by atoms with E-state index in [9.17, 15) is 4.39 Å². The lowest BCUT2D eigenvalue weighted by molar-refractivity contribution is 0.113. The average Bonchev–Trinajstić information content (AvgIpc) is 2.76. The van der Waals surface area contributed by atoms with Gasteiger partial charge < -0.3 is 0 Å². The largest absolute Gasteiger partial charge is 0.207 e. The number of benzene rings is 2. The van der Waals surface area contributed by atoms with Crippen molar-refractivity contribution in [1.29, 1.82) is 0 Å². The van der Waals surface area contributed by atoms with Crippen LogP contribution in [0.25, 0.3) is 11.1 Å². The Morgan fingerprint density at radius 2 is 1.59 bits per heavy atom. The zero-order valence-corrected chi connectivity index (χ0v) is 18.1. The number of unbranched alkanes of at least 4 members (excludes halogenated alkanes) is 3. The van der Waals surface area contributed by atoms with Crippen LogP contribution in [0.2, 0.25) is 0 Å². The summed E-state index contributed by atoms with van der Waals surface area (Å²) >= 11 is 0. The van der Waals surface area contributed by atoms with E-state index in [1.54, 1.807) is 12.1 Å². The van der Waals surface area contributed by atoms with Crippen molar-refractivity contribution < 1.29 is 4.39 Å². The quantitative estimate of drug-likeness (QED) is 0.413. The lowest BCUT2D eigenvalue weighted by Crippen LogP contribution is -2.30. The summed E-state index contributed by atoms with van der Waals surface area (Å²) in [4.78, 5) is 0. The summed E-state index contributed by atoms with van der Waals surface area (Å²) in [6.07, 6.45) is 15.7. The maximum Gasteiger partial charge on any atom is 0.123 e. The first-order valence-electron chi connectivity index (χ1n) is 12.1. The molecule has 0 spiro atoms. The Bertz CT molecular complexity index is 762. The van der Waals surface area contributed by atoms with E-state index in [2.05, 4.69) is 31.2 Å². The van der Waals surface area contributed by atoms with Crippen LogP contribution in [-0.4, -0.2) is 0 Å². The van der Waals surface area contributed by atoms with Gasteiger partial charge in [-0.05, 0) is 84.6 Å². The van der Waals surface area contributed by atoms with E-state index in [0.717, 1.165) is 34.8 Å². The fraction of sp³-hybridized carbons (Fsp3) is 0.571. The first kappa shape index (κ1) is 20.6. The Kier molecular flexibility index (Phi) is 7.06. The number of hydrogen-bond acceptors (Lipinski definition) is 0. The van der Waals surface area contributed by atoms with Gasteiger partial charge in [-0.2, -0.15) is 0 Å². The van der Waals surface area contributed by atoms with Crippen molar-refractivity contribution in [3.05, 3.63) is 59.9 Å². The average molecular weight is 393 g/mol. The van der Waals surface area contributed by atoms with Crippen LogP contribution in [-0.2, 0) is 0 Å². The second-order valence-electron chi connectivity index (χ2n) is 9.69. The van der Waals surface area contributed by atoms with Gasteiger partial charge in [-0.3, -0.25) is 0 Å². The Morgan fingerprint density at radius 1 is 0.793 bits per heavy atom. The minimum atomic E-state index is -0.161. The van der Waals surface area contributed by atoms with Crippen molar-refractivity contribution in [2.75, 3.05) is 0 Å². The van der Waals surface area contributed by atoms with Crippen molar-refractivity contribution in [3.8, 4) is 11.1 Å². The lowest BCUT2D eigenvalue weighted by Gasteiger charge is -2.42. The Hall–Kier alpha value is -1.63. The second-order valence-corrected chi connectivity index (χ2v) is 9.69. The van der Waals surface area contributed by atoms with Gasteiger partial charge in [0, 0.05) is 0 Å². The molecule has 29 heavy (non-hydrogen) atoms. The summed E-state index contributed by atoms with van der Waals surface area (Å²) < 4.78 is 13.5. The van der Waals surface area contributed by atoms with Crippen LogP contribution in [0.5, 0.6) is 0 Å². The van der Waals surface area contributed by atoms with Crippen molar-refractivity contribution in [2.45, 2.75) is 83.5 Å². The minimum Gasteiger partial charge on any atom is -0.207 e. The fourth-order valence-electron chi connectivity index (χ4n) is 6.03. The van der Waals surface area contributed by atoms with E-state index in [1.165, 1.54) is 82.3 Å². The van der Waals surface area contributed by atoms with Gasteiger partial charge in [0.2, 0.25) is 0 Å². The van der Waals surface area contributed by atoms with Gasteiger partial charge in [-0.25, -0.2) is 4.39 Å². The van der Waals surface area contributed by atoms with Crippen molar-refractivity contribution in [2.24, 2.45) is 17.8 Å². The monoisotopic (exact) mass is 392 g/mol. The van der Waals surface area contributed by atoms with Crippen LogP contribution in [0.15, 0.2) is 48.5 Å². The number of rotatable bonds is 7. The number of hydrogen-bond donors (Lipinski definition) is 0. The molecule has 2 aromatic carbocycles. The molecule has 4 rings (SSSR count). The molecule has 0 N–H and O–H groups in total. The molecule has 0 bridgehead atoms. The normalized spacial score (nSPS) is 26.8. The summed E-state index contributed by atoms with van der Waals surface area (Å²) in [5.74, 6) is 3.51. The van der Waals surface area contributed by atoms with E-state index in [0.29, 0.717) is 0 Å². The van der Waals surface area contributed by atoms with E-state index >= 15 is 0 Å². The maximum absolute atomic E-state index is 13.5. The van der Waals surface area contributed by atoms with Crippen LogP contribution in [0.4, 0.5) is 4.39 Å². The van der Waals surface area contributed by atoms with Crippen LogP contribution in [0, 0.1) is 23.6 Å². The highest BCUT2D eigenvalue weighted by Gasteiger charge is 2.35. The van der Waals surface area contributed by atoms with Crippen LogP contribution < -0.4 is 0 Å². The first-order chi connectivity index (χ1) is 14.2. The molecule has 1 heteroatoms. The van der Waals surface area contributed by atoms with E-state index in [-0.39, 0.29) is 5.82 Å². The highest BCUT2D eigenvalue weighted by atomic mass is 19.1. The SMILES string of the molecule is CCCCCCC1CC[C@@H]2C[C@H](c3ccc(-c4cccc(F)c4)cc3)CC[C@@H]2C1. The topological polar surface area (TPSA) is 0 Å². The molecule has 0 saturated heterocycles. The molecule has 2 fully saturated rings. The summed E-state index contributed by atoms with van der Waals surface area (Å²) in [6.45, 7) is 2.30. The van der Waals surface area contributed by atoms with Crippen molar-refractivity contribution in [1.82, 2.24) is 0 Å². The van der Waals surface area contributed by atoms with Gasteiger partial charge in [0.1, 0.15) is 5.82 Å². The molecule has 0 heterocycles. The highest BCUT2D eigenvalue weighted by molar-refractivity contribution is 5.63. The van der Waals surface area contributed by atoms with Crippen molar-refractivity contribution in [3.63, 3.8) is 0 Å². The molecule has 0 amide bonds. The molecule has 0 nitrogen and oxygen atoms in total. The van der Waals surface area contributed by atoms with Crippen LogP contribution in [0.1, 0.15) is 89.0 Å². The maximum atomic E-state index is 13.5. The van der Waals surface area contributed by atoms with Crippen LogP contribution in [0.3, 0.4) is 0 Å². The smallest absolute Gasteiger partial charge is 0.123 e. The van der Waals surface area contributed by atoms with Gasteiger partial charge >= 0.3 is 0 Å². The molecular formula is C28H37F. The van der Waals surface area contributed by atoms with Gasteiger partial charge in [-0.15, -0.1) is 0 Å². The Morgan fingerprint density at radius 3 is 2.38 bits per heavy atom. The molecule has 2 aliphatic carbocycles. The number of halogens is 1. The molecule has 0 radical (unpaired) electrons. The minimum absolute atomic E-state index is 0.161. The summed E-state index contributed by atoms with van der Waals surface area (Å²) in [7, 11) is 0. The van der Waals surface area contributed by atoms with Gasteiger partial charge in [0.15, 0.2) is 0 Å². The molecule has 1 unspecified atom stereocenters. The Balaban J connectivity index is 1.31. The summed E-state index contributed by atoms with van der Waals surface area (Å²) in [5, 5.41) is 0.